The minimum Gasteiger partial charge on any atom is -0.321 e. The number of rotatable bonds is 5. The maximum absolute atomic E-state index is 13.0. The number of hydrogen-bond donors (Lipinski definition) is 1. The summed E-state index contributed by atoms with van der Waals surface area (Å²) >= 11 is 0. The van der Waals surface area contributed by atoms with Crippen LogP contribution in [0.2, 0.25) is 0 Å². The number of aromatic nitrogens is 4. The summed E-state index contributed by atoms with van der Waals surface area (Å²) in [7, 11) is 0. The number of tetrazole rings is 1. The van der Waals surface area contributed by atoms with Crippen LogP contribution in [-0.2, 0) is 4.79 Å². The van der Waals surface area contributed by atoms with Crippen LogP contribution in [0, 0.1) is 0 Å². The van der Waals surface area contributed by atoms with Crippen molar-refractivity contribution in [3.63, 3.8) is 0 Å². The topological polar surface area (TPSA) is 88.3 Å². The Morgan fingerprint density at radius 2 is 1.58 bits per heavy atom. The lowest BCUT2D eigenvalue weighted by molar-refractivity contribution is -0.110. The molecule has 8 heteroatoms. The summed E-state index contributed by atoms with van der Waals surface area (Å²) in [6.07, 6.45) is 2.04. The third kappa shape index (κ3) is 3.91. The van der Waals surface area contributed by atoms with Crippen LogP contribution in [0.15, 0.2) is 96.4 Å². The quantitative estimate of drug-likeness (QED) is 0.544. The molecule has 1 N–H and O–H groups in total. The van der Waals surface area contributed by atoms with Crippen molar-refractivity contribution >= 4 is 23.0 Å². The Morgan fingerprint density at radius 1 is 0.871 bits per heavy atom. The molecule has 0 fully saturated rings. The number of amides is 1. The first-order chi connectivity index (χ1) is 15.3. The second-order valence-electron chi connectivity index (χ2n) is 7.11. The van der Waals surface area contributed by atoms with Gasteiger partial charge in [-0.2, -0.15) is 5.10 Å². The van der Waals surface area contributed by atoms with E-state index in [1.165, 1.54) is 6.33 Å². The molecule has 1 unspecified atom stereocenters. The zero-order valence-electron chi connectivity index (χ0n) is 16.5. The lowest BCUT2D eigenvalue weighted by atomic mass is 10.0. The molecular formula is C23H19N7O. The molecule has 0 saturated heterocycles. The van der Waals surface area contributed by atoms with Crippen LogP contribution in [0.1, 0.15) is 18.0 Å². The van der Waals surface area contributed by atoms with Gasteiger partial charge < -0.3 is 5.32 Å². The van der Waals surface area contributed by atoms with Gasteiger partial charge in [-0.05, 0) is 52.4 Å². The van der Waals surface area contributed by atoms with Crippen LogP contribution in [0.5, 0.6) is 0 Å². The molecule has 1 amide bonds. The van der Waals surface area contributed by atoms with Gasteiger partial charge in [0.2, 0.25) is 0 Å². The number of benzene rings is 3. The molecular weight excluding hydrogens is 390 g/mol. The van der Waals surface area contributed by atoms with Crippen LogP contribution < -0.4 is 10.3 Å². The van der Waals surface area contributed by atoms with Crippen molar-refractivity contribution in [1.29, 1.82) is 0 Å². The number of nitrogens with one attached hydrogen (secondary N) is 1. The van der Waals surface area contributed by atoms with Gasteiger partial charge in [0.1, 0.15) is 12.0 Å². The van der Waals surface area contributed by atoms with Crippen LogP contribution in [0.25, 0.3) is 5.69 Å². The monoisotopic (exact) mass is 409 g/mol. The largest absolute Gasteiger partial charge is 0.321 e. The second-order valence-corrected chi connectivity index (χ2v) is 7.11. The van der Waals surface area contributed by atoms with Gasteiger partial charge in [0, 0.05) is 12.1 Å². The zero-order valence-corrected chi connectivity index (χ0v) is 16.5. The van der Waals surface area contributed by atoms with E-state index in [1.54, 1.807) is 4.68 Å². The molecule has 8 nitrogen and oxygen atoms in total. The first-order valence-corrected chi connectivity index (χ1v) is 9.89. The molecule has 1 aliphatic rings. The highest BCUT2D eigenvalue weighted by atomic mass is 16.2. The van der Waals surface area contributed by atoms with E-state index in [-0.39, 0.29) is 11.9 Å². The fraction of sp³-hybridized carbons (Fsp3) is 0.0870. The zero-order chi connectivity index (χ0) is 21.0. The molecule has 0 bridgehead atoms. The first kappa shape index (κ1) is 18.7. The van der Waals surface area contributed by atoms with Gasteiger partial charge >= 0.3 is 0 Å². The van der Waals surface area contributed by atoms with Gasteiger partial charge in [0.25, 0.3) is 5.91 Å². The lowest BCUT2D eigenvalue weighted by Crippen LogP contribution is -2.22. The molecule has 2 heterocycles. The predicted molar refractivity (Wildman–Crippen MR) is 118 cm³/mol. The molecule has 0 aliphatic carbocycles. The first-order valence-electron chi connectivity index (χ1n) is 9.89. The number of hydrazone groups is 1. The average Bonchev–Trinajstić information content (AvgIpc) is 3.52. The Labute approximate surface area is 178 Å². The maximum Gasteiger partial charge on any atom is 0.271 e. The highest BCUT2D eigenvalue weighted by Gasteiger charge is 2.32. The van der Waals surface area contributed by atoms with Crippen LogP contribution in [0.4, 0.5) is 11.4 Å². The van der Waals surface area contributed by atoms with E-state index in [2.05, 4.69) is 38.1 Å². The average molecular weight is 409 g/mol. The Kier molecular flexibility index (Phi) is 4.94. The van der Waals surface area contributed by atoms with Crippen LogP contribution in [0.3, 0.4) is 0 Å². The summed E-state index contributed by atoms with van der Waals surface area (Å²) in [5.41, 5.74) is 4.04. The number of nitrogens with zero attached hydrogens (tertiary/aromatic N) is 6. The van der Waals surface area contributed by atoms with Crippen molar-refractivity contribution in [3.8, 4) is 5.69 Å². The Balaban J connectivity index is 1.37. The molecule has 152 valence electrons. The fourth-order valence-corrected chi connectivity index (χ4v) is 3.58. The SMILES string of the molecule is O=C(Nc1ccc(-n2cnnn2)cc1)C1=NN(c2ccccc2)C(c2ccccc2)C1. The van der Waals surface area contributed by atoms with E-state index in [4.69, 9.17) is 0 Å². The maximum atomic E-state index is 13.0. The minimum atomic E-state index is -0.213. The number of carbonyl (C=O) groups is 1. The van der Waals surface area contributed by atoms with E-state index in [0.29, 0.717) is 17.8 Å². The molecule has 1 atom stereocenters. The molecule has 1 aromatic heterocycles. The van der Waals surface area contributed by atoms with E-state index < -0.39 is 0 Å². The number of carbonyl (C=O) groups excluding carboxylic acids is 1. The van der Waals surface area contributed by atoms with Crippen molar-refractivity contribution in [1.82, 2.24) is 20.2 Å². The summed E-state index contributed by atoms with van der Waals surface area (Å²) < 4.78 is 1.55. The molecule has 31 heavy (non-hydrogen) atoms. The fourth-order valence-electron chi connectivity index (χ4n) is 3.58. The summed E-state index contributed by atoms with van der Waals surface area (Å²) in [6, 6.07) is 27.3. The van der Waals surface area contributed by atoms with Gasteiger partial charge in [-0.25, -0.2) is 4.68 Å². The van der Waals surface area contributed by atoms with Crippen molar-refractivity contribution in [3.05, 3.63) is 96.8 Å². The lowest BCUT2D eigenvalue weighted by Gasteiger charge is -2.23. The molecule has 5 rings (SSSR count). The molecule has 0 saturated carbocycles. The number of hydrogen-bond acceptors (Lipinski definition) is 6. The minimum absolute atomic E-state index is 0.0356. The Hall–Kier alpha value is -4.33. The molecule has 1 aliphatic heterocycles. The third-order valence-electron chi connectivity index (χ3n) is 5.12. The van der Waals surface area contributed by atoms with E-state index >= 15 is 0 Å². The summed E-state index contributed by atoms with van der Waals surface area (Å²) in [4.78, 5) is 13.0. The Morgan fingerprint density at radius 3 is 2.26 bits per heavy atom. The third-order valence-corrected chi connectivity index (χ3v) is 5.12. The van der Waals surface area contributed by atoms with Crippen LogP contribution in [-0.4, -0.2) is 31.8 Å². The van der Waals surface area contributed by atoms with E-state index in [9.17, 15) is 4.79 Å². The van der Waals surface area contributed by atoms with E-state index in [1.807, 2.05) is 77.8 Å². The summed E-state index contributed by atoms with van der Waals surface area (Å²) in [5.74, 6) is -0.213. The van der Waals surface area contributed by atoms with Gasteiger partial charge in [0.05, 0.1) is 17.4 Å². The normalized spacial score (nSPS) is 15.5. The molecule has 0 spiro atoms. The number of para-hydroxylation sites is 1. The highest BCUT2D eigenvalue weighted by molar-refractivity contribution is 6.43. The second kappa shape index (κ2) is 8.19. The van der Waals surface area contributed by atoms with E-state index in [0.717, 1.165) is 16.9 Å². The van der Waals surface area contributed by atoms with Crippen molar-refractivity contribution in [2.75, 3.05) is 10.3 Å². The summed E-state index contributed by atoms with van der Waals surface area (Å²) in [6.45, 7) is 0. The Bertz CT molecular complexity index is 1190. The van der Waals surface area contributed by atoms with Gasteiger partial charge in [-0.15, -0.1) is 5.10 Å². The van der Waals surface area contributed by atoms with Crippen LogP contribution >= 0.6 is 0 Å². The van der Waals surface area contributed by atoms with Crippen molar-refractivity contribution in [2.45, 2.75) is 12.5 Å². The highest BCUT2D eigenvalue weighted by Crippen LogP contribution is 2.35. The van der Waals surface area contributed by atoms with Gasteiger partial charge in [-0.1, -0.05) is 48.5 Å². The molecule has 4 aromatic rings. The molecule has 3 aromatic carbocycles. The smallest absolute Gasteiger partial charge is 0.271 e. The predicted octanol–water partition coefficient (Wildman–Crippen LogP) is 3.61. The van der Waals surface area contributed by atoms with Gasteiger partial charge in [0.15, 0.2) is 0 Å². The standard InChI is InChI=1S/C23H19N7O/c31-23(25-18-11-13-19(14-12-18)29-16-24-27-28-29)21-15-22(17-7-3-1-4-8-17)30(26-21)20-9-5-2-6-10-20/h1-14,16,22H,15H2,(H,25,31). The van der Waals surface area contributed by atoms with Crippen molar-refractivity contribution < 1.29 is 4.79 Å². The van der Waals surface area contributed by atoms with Gasteiger partial charge in [-0.3, -0.25) is 9.80 Å². The molecule has 0 radical (unpaired) electrons. The number of anilines is 2. The van der Waals surface area contributed by atoms with Crippen molar-refractivity contribution in [2.24, 2.45) is 5.10 Å². The summed E-state index contributed by atoms with van der Waals surface area (Å²) in [5, 5.41) is 20.7.